The maximum absolute atomic E-state index is 11.1. The van der Waals surface area contributed by atoms with Gasteiger partial charge in [-0.1, -0.05) is 0 Å². The molecule has 0 N–H and O–H groups in total. The van der Waals surface area contributed by atoms with Crippen LogP contribution in [0.2, 0.25) is 0 Å². The lowest BCUT2D eigenvalue weighted by Crippen LogP contribution is -2.49. The Labute approximate surface area is 72.4 Å². The lowest BCUT2D eigenvalue weighted by molar-refractivity contribution is -0.139. The van der Waals surface area contributed by atoms with E-state index in [1.165, 1.54) is 0 Å². The van der Waals surface area contributed by atoms with Gasteiger partial charge in [0.2, 0.25) is 5.91 Å². The lowest BCUT2D eigenvalue weighted by atomic mass is 10.2. The number of hydrogen-bond donors (Lipinski definition) is 0. The predicted molar refractivity (Wildman–Crippen MR) is 43.9 cm³/mol. The Bertz CT molecular complexity index is 158. The monoisotopic (exact) mass is 173 g/mol. The Morgan fingerprint density at radius 3 is 3.08 bits per heavy atom. The highest BCUT2D eigenvalue weighted by Crippen LogP contribution is 2.06. The zero-order valence-corrected chi connectivity index (χ0v) is 7.58. The number of carbonyl (C=O) groups is 1. The highest BCUT2D eigenvalue weighted by atomic mass is 16.5. The number of nitrogens with zero attached hydrogens (tertiary/aromatic N) is 1. The summed E-state index contributed by atoms with van der Waals surface area (Å²) in [5.41, 5.74) is 0. The first-order valence-corrected chi connectivity index (χ1v) is 4.09. The second kappa shape index (κ2) is 4.42. The number of amides is 1. The SMILES string of the molecule is COC[C@@H]1COCCN1C(C)=O. The average molecular weight is 173 g/mol. The first-order valence-electron chi connectivity index (χ1n) is 4.09. The number of ether oxygens (including phenoxy) is 2. The molecule has 12 heavy (non-hydrogen) atoms. The van der Waals surface area contributed by atoms with Gasteiger partial charge >= 0.3 is 0 Å². The van der Waals surface area contributed by atoms with Crippen molar-refractivity contribution in [2.24, 2.45) is 0 Å². The molecule has 4 nitrogen and oxygen atoms in total. The standard InChI is InChI=1S/C8H15NO3/c1-7(10)9-3-4-12-6-8(9)5-11-2/h8H,3-6H2,1-2H3/t8-/m1/s1. The van der Waals surface area contributed by atoms with Crippen molar-refractivity contribution in [3.05, 3.63) is 0 Å². The Kier molecular flexibility index (Phi) is 3.49. The molecule has 1 rings (SSSR count). The maximum Gasteiger partial charge on any atom is 0.219 e. The van der Waals surface area contributed by atoms with Gasteiger partial charge in [0.1, 0.15) is 0 Å². The van der Waals surface area contributed by atoms with E-state index in [9.17, 15) is 4.79 Å². The van der Waals surface area contributed by atoms with Gasteiger partial charge in [-0.05, 0) is 0 Å². The molecular weight excluding hydrogens is 158 g/mol. The summed E-state index contributed by atoms with van der Waals surface area (Å²) in [6, 6.07) is 0.0984. The van der Waals surface area contributed by atoms with Gasteiger partial charge in [0.25, 0.3) is 0 Å². The Hall–Kier alpha value is -0.610. The Morgan fingerprint density at radius 1 is 1.75 bits per heavy atom. The third-order valence-corrected chi connectivity index (χ3v) is 1.99. The van der Waals surface area contributed by atoms with Crippen molar-refractivity contribution in [2.75, 3.05) is 33.5 Å². The fraction of sp³-hybridized carbons (Fsp3) is 0.875. The van der Waals surface area contributed by atoms with Gasteiger partial charge in [0, 0.05) is 20.6 Å². The van der Waals surface area contributed by atoms with Gasteiger partial charge in [-0.25, -0.2) is 0 Å². The molecule has 0 bridgehead atoms. The minimum atomic E-state index is 0.0975. The molecule has 0 aromatic heterocycles. The van der Waals surface area contributed by atoms with Crippen LogP contribution in [0.25, 0.3) is 0 Å². The van der Waals surface area contributed by atoms with Crippen LogP contribution in [0.3, 0.4) is 0 Å². The molecule has 1 fully saturated rings. The molecule has 0 saturated carbocycles. The Morgan fingerprint density at radius 2 is 2.50 bits per heavy atom. The topological polar surface area (TPSA) is 38.8 Å². The van der Waals surface area contributed by atoms with Crippen molar-refractivity contribution in [1.29, 1.82) is 0 Å². The van der Waals surface area contributed by atoms with Gasteiger partial charge in [0.15, 0.2) is 0 Å². The van der Waals surface area contributed by atoms with Gasteiger partial charge < -0.3 is 14.4 Å². The molecule has 1 amide bonds. The molecule has 1 saturated heterocycles. The van der Waals surface area contributed by atoms with Gasteiger partial charge in [0.05, 0.1) is 25.9 Å². The number of rotatable bonds is 2. The highest BCUT2D eigenvalue weighted by Gasteiger charge is 2.24. The van der Waals surface area contributed by atoms with E-state index in [4.69, 9.17) is 9.47 Å². The highest BCUT2D eigenvalue weighted by molar-refractivity contribution is 5.73. The van der Waals surface area contributed by atoms with Gasteiger partial charge in [-0.15, -0.1) is 0 Å². The molecule has 4 heteroatoms. The van der Waals surface area contributed by atoms with Crippen LogP contribution >= 0.6 is 0 Å². The van der Waals surface area contributed by atoms with E-state index in [-0.39, 0.29) is 11.9 Å². The average Bonchev–Trinajstić information content (AvgIpc) is 2.05. The molecule has 0 unspecified atom stereocenters. The molecule has 0 aromatic carbocycles. The van der Waals surface area contributed by atoms with Crippen molar-refractivity contribution in [3.63, 3.8) is 0 Å². The summed E-state index contributed by atoms with van der Waals surface area (Å²) in [6.07, 6.45) is 0. The normalized spacial score (nSPS) is 24.2. The summed E-state index contributed by atoms with van der Waals surface area (Å²) in [5, 5.41) is 0. The summed E-state index contributed by atoms with van der Waals surface area (Å²) in [4.78, 5) is 12.9. The smallest absolute Gasteiger partial charge is 0.219 e. The molecule has 70 valence electrons. The van der Waals surface area contributed by atoms with E-state index < -0.39 is 0 Å². The van der Waals surface area contributed by atoms with Gasteiger partial charge in [-0.2, -0.15) is 0 Å². The van der Waals surface area contributed by atoms with Crippen molar-refractivity contribution in [1.82, 2.24) is 4.90 Å². The molecule has 0 aromatic rings. The summed E-state index contributed by atoms with van der Waals surface area (Å²) in [7, 11) is 1.63. The van der Waals surface area contributed by atoms with Crippen LogP contribution < -0.4 is 0 Å². The van der Waals surface area contributed by atoms with Crippen LogP contribution in [0.15, 0.2) is 0 Å². The minimum absolute atomic E-state index is 0.0975. The van der Waals surface area contributed by atoms with E-state index in [2.05, 4.69) is 0 Å². The molecule has 0 radical (unpaired) electrons. The van der Waals surface area contributed by atoms with Crippen molar-refractivity contribution in [2.45, 2.75) is 13.0 Å². The first kappa shape index (κ1) is 9.48. The van der Waals surface area contributed by atoms with Gasteiger partial charge in [-0.3, -0.25) is 4.79 Å². The fourth-order valence-corrected chi connectivity index (χ4v) is 1.40. The molecule has 0 aliphatic carbocycles. The lowest BCUT2D eigenvalue weighted by Gasteiger charge is -2.34. The van der Waals surface area contributed by atoms with Crippen LogP contribution in [-0.4, -0.2) is 50.3 Å². The number of methoxy groups -OCH3 is 1. The van der Waals surface area contributed by atoms with E-state index in [1.807, 2.05) is 0 Å². The van der Waals surface area contributed by atoms with Crippen LogP contribution in [-0.2, 0) is 14.3 Å². The molecular formula is C8H15NO3. The summed E-state index contributed by atoms with van der Waals surface area (Å²) in [6.45, 7) is 4.05. The molecule has 1 atom stereocenters. The van der Waals surface area contributed by atoms with E-state index in [1.54, 1.807) is 18.9 Å². The number of morpholine rings is 1. The Balaban J connectivity index is 2.48. The quantitative estimate of drug-likeness (QED) is 0.584. The van der Waals surface area contributed by atoms with E-state index in [0.717, 1.165) is 0 Å². The van der Waals surface area contributed by atoms with Crippen LogP contribution in [0, 0.1) is 0 Å². The predicted octanol–water partition coefficient (Wildman–Crippen LogP) is -0.120. The van der Waals surface area contributed by atoms with Crippen molar-refractivity contribution < 1.29 is 14.3 Å². The van der Waals surface area contributed by atoms with E-state index in [0.29, 0.717) is 26.4 Å². The van der Waals surface area contributed by atoms with Crippen molar-refractivity contribution >= 4 is 5.91 Å². The number of carbonyl (C=O) groups excluding carboxylic acids is 1. The zero-order valence-electron chi connectivity index (χ0n) is 7.58. The second-order valence-corrected chi connectivity index (χ2v) is 2.90. The number of hydrogen-bond acceptors (Lipinski definition) is 3. The third-order valence-electron chi connectivity index (χ3n) is 1.99. The second-order valence-electron chi connectivity index (χ2n) is 2.90. The molecule has 1 heterocycles. The summed E-state index contributed by atoms with van der Waals surface area (Å²) < 4.78 is 10.2. The fourth-order valence-electron chi connectivity index (χ4n) is 1.40. The first-order chi connectivity index (χ1) is 5.75. The van der Waals surface area contributed by atoms with Crippen LogP contribution in [0.1, 0.15) is 6.92 Å². The maximum atomic E-state index is 11.1. The minimum Gasteiger partial charge on any atom is -0.382 e. The van der Waals surface area contributed by atoms with Crippen LogP contribution in [0.5, 0.6) is 0 Å². The van der Waals surface area contributed by atoms with Crippen molar-refractivity contribution in [3.8, 4) is 0 Å². The molecule has 1 aliphatic heterocycles. The third kappa shape index (κ3) is 2.19. The summed E-state index contributed by atoms with van der Waals surface area (Å²) >= 11 is 0. The molecule has 0 spiro atoms. The largest absolute Gasteiger partial charge is 0.382 e. The van der Waals surface area contributed by atoms with Crippen LogP contribution in [0.4, 0.5) is 0 Å². The summed E-state index contributed by atoms with van der Waals surface area (Å²) in [5.74, 6) is 0.0975. The molecule has 1 aliphatic rings. The van der Waals surface area contributed by atoms with E-state index >= 15 is 0 Å². The zero-order chi connectivity index (χ0) is 8.97.